The number of carboxylic acids is 1. The number of rotatable bonds is 8. The van der Waals surface area contributed by atoms with Crippen molar-refractivity contribution in [3.63, 3.8) is 0 Å². The maximum atomic E-state index is 11.0. The molecule has 3 aromatic rings. The molecule has 140 valence electrons. The lowest BCUT2D eigenvalue weighted by atomic mass is 10.2. The van der Waals surface area contributed by atoms with Gasteiger partial charge in [0.2, 0.25) is 5.88 Å². The average Bonchev–Trinajstić information content (AvgIpc) is 3.03. The Morgan fingerprint density at radius 3 is 2.59 bits per heavy atom. The van der Waals surface area contributed by atoms with Crippen molar-refractivity contribution in [3.8, 4) is 5.88 Å². The Bertz CT molecular complexity index is 926. The summed E-state index contributed by atoms with van der Waals surface area (Å²) in [6.07, 6.45) is 0.362. The van der Waals surface area contributed by atoms with E-state index in [1.807, 2.05) is 36.4 Å². The van der Waals surface area contributed by atoms with E-state index >= 15 is 0 Å². The minimum atomic E-state index is -0.862. The van der Waals surface area contributed by atoms with E-state index in [1.165, 1.54) is 0 Å². The molecule has 1 heterocycles. The number of hydrogen-bond donors (Lipinski definition) is 1. The van der Waals surface area contributed by atoms with Crippen LogP contribution in [0.3, 0.4) is 0 Å². The fourth-order valence-electron chi connectivity index (χ4n) is 2.62. The monoisotopic (exact) mass is 404 g/mol. The molecule has 3 rings (SSSR count). The smallest absolute Gasteiger partial charge is 0.303 e. The number of nitrogens with zero attached hydrogens (tertiary/aromatic N) is 2. The van der Waals surface area contributed by atoms with Crippen molar-refractivity contribution in [2.75, 3.05) is 0 Å². The third-order valence-electron chi connectivity index (χ3n) is 4.00. The Kier molecular flexibility index (Phi) is 6.37. The van der Waals surface area contributed by atoms with Gasteiger partial charge in [-0.25, -0.2) is 0 Å². The minimum absolute atomic E-state index is 0.0121. The topological polar surface area (TPSA) is 64.3 Å². The summed E-state index contributed by atoms with van der Waals surface area (Å²) in [6, 6.07) is 16.8. The van der Waals surface area contributed by atoms with Crippen molar-refractivity contribution in [3.05, 3.63) is 81.5 Å². The summed E-state index contributed by atoms with van der Waals surface area (Å²) >= 11 is 12.2. The molecule has 5 nitrogen and oxygen atoms in total. The fourth-order valence-corrected chi connectivity index (χ4v) is 3.08. The number of aliphatic carboxylic acids is 1. The highest BCUT2D eigenvalue weighted by Gasteiger charge is 2.13. The molecule has 0 aliphatic carbocycles. The number of hydrogen-bond acceptors (Lipinski definition) is 3. The largest absolute Gasteiger partial charge is 0.481 e. The molecule has 0 radical (unpaired) electrons. The highest BCUT2D eigenvalue weighted by Crippen LogP contribution is 2.23. The van der Waals surface area contributed by atoms with Gasteiger partial charge in [-0.05, 0) is 29.7 Å². The Labute approximate surface area is 167 Å². The van der Waals surface area contributed by atoms with Crippen LogP contribution in [0.25, 0.3) is 0 Å². The second-order valence-corrected chi connectivity index (χ2v) is 6.88. The van der Waals surface area contributed by atoms with Gasteiger partial charge >= 0.3 is 5.97 Å². The van der Waals surface area contributed by atoms with Gasteiger partial charge in [-0.15, -0.1) is 5.10 Å². The molecule has 0 saturated carbocycles. The van der Waals surface area contributed by atoms with Crippen LogP contribution in [-0.2, 0) is 24.4 Å². The summed E-state index contributed by atoms with van der Waals surface area (Å²) in [6.45, 7) is 0.789. The molecule has 27 heavy (non-hydrogen) atoms. The first-order chi connectivity index (χ1) is 13.0. The van der Waals surface area contributed by atoms with E-state index < -0.39 is 5.97 Å². The fraction of sp³-hybridized carbons (Fsp3) is 0.200. The van der Waals surface area contributed by atoms with Crippen LogP contribution in [0.2, 0.25) is 10.0 Å². The molecule has 7 heteroatoms. The van der Waals surface area contributed by atoms with Crippen LogP contribution in [0.1, 0.15) is 23.2 Å². The number of ether oxygens (including phenoxy) is 1. The molecular formula is C20H18Cl2N2O3. The van der Waals surface area contributed by atoms with E-state index in [4.69, 9.17) is 33.0 Å². The van der Waals surface area contributed by atoms with Crippen molar-refractivity contribution >= 4 is 29.2 Å². The Balaban J connectivity index is 1.79. The first kappa shape index (κ1) is 19.3. The second kappa shape index (κ2) is 8.93. The van der Waals surface area contributed by atoms with E-state index in [0.29, 0.717) is 35.5 Å². The number of benzene rings is 2. The van der Waals surface area contributed by atoms with Crippen molar-refractivity contribution in [1.82, 2.24) is 9.78 Å². The van der Waals surface area contributed by atoms with Crippen LogP contribution in [-0.4, -0.2) is 20.9 Å². The van der Waals surface area contributed by atoms with Gasteiger partial charge in [0.1, 0.15) is 6.61 Å². The highest BCUT2D eigenvalue weighted by atomic mass is 35.5. The predicted octanol–water partition coefficient (Wildman–Crippen LogP) is 4.83. The van der Waals surface area contributed by atoms with E-state index in [-0.39, 0.29) is 6.42 Å². The Hall–Kier alpha value is -2.50. The Morgan fingerprint density at radius 1 is 1.11 bits per heavy atom. The van der Waals surface area contributed by atoms with Crippen LogP contribution in [0.4, 0.5) is 0 Å². The summed E-state index contributed by atoms with van der Waals surface area (Å²) in [7, 11) is 0. The summed E-state index contributed by atoms with van der Waals surface area (Å²) < 4.78 is 7.49. The quantitative estimate of drug-likeness (QED) is 0.583. The highest BCUT2D eigenvalue weighted by molar-refractivity contribution is 6.35. The van der Waals surface area contributed by atoms with Crippen molar-refractivity contribution in [2.24, 2.45) is 0 Å². The molecule has 0 amide bonds. The third-order valence-corrected chi connectivity index (χ3v) is 4.59. The number of aromatic nitrogens is 2. The average molecular weight is 405 g/mol. The molecule has 0 fully saturated rings. The van der Waals surface area contributed by atoms with Gasteiger partial charge in [0.15, 0.2) is 0 Å². The third kappa shape index (κ3) is 5.49. The van der Waals surface area contributed by atoms with Gasteiger partial charge < -0.3 is 9.84 Å². The number of halogens is 2. The summed E-state index contributed by atoms with van der Waals surface area (Å²) in [5, 5.41) is 14.6. The first-order valence-corrected chi connectivity index (χ1v) is 9.16. The zero-order chi connectivity index (χ0) is 19.2. The van der Waals surface area contributed by atoms with Crippen LogP contribution in [0.15, 0.2) is 54.6 Å². The summed E-state index contributed by atoms with van der Waals surface area (Å²) in [4.78, 5) is 11.0. The molecular weight excluding hydrogens is 387 g/mol. The maximum absolute atomic E-state index is 11.0. The number of aryl methyl sites for hydroxylation is 1. The van der Waals surface area contributed by atoms with Gasteiger partial charge in [0.05, 0.1) is 13.0 Å². The number of carbonyl (C=O) groups is 1. The van der Waals surface area contributed by atoms with Crippen LogP contribution >= 0.6 is 23.2 Å². The van der Waals surface area contributed by atoms with Gasteiger partial charge in [0, 0.05) is 21.8 Å². The Morgan fingerprint density at radius 2 is 1.89 bits per heavy atom. The molecule has 0 saturated heterocycles. The van der Waals surface area contributed by atoms with Crippen LogP contribution in [0.5, 0.6) is 5.88 Å². The van der Waals surface area contributed by atoms with E-state index in [0.717, 1.165) is 16.8 Å². The molecule has 0 unspecified atom stereocenters. The van der Waals surface area contributed by atoms with Crippen molar-refractivity contribution < 1.29 is 14.6 Å². The number of carboxylic acid groups (broad SMARTS) is 1. The lowest BCUT2D eigenvalue weighted by molar-refractivity contribution is -0.136. The van der Waals surface area contributed by atoms with Crippen molar-refractivity contribution in [2.45, 2.75) is 26.0 Å². The molecule has 1 aromatic heterocycles. The zero-order valence-corrected chi connectivity index (χ0v) is 16.0. The molecule has 1 N–H and O–H groups in total. The van der Waals surface area contributed by atoms with E-state index in [1.54, 1.807) is 22.9 Å². The molecule has 0 spiro atoms. The predicted molar refractivity (Wildman–Crippen MR) is 105 cm³/mol. The summed E-state index contributed by atoms with van der Waals surface area (Å²) in [5.74, 6) is -0.414. The lowest BCUT2D eigenvalue weighted by Gasteiger charge is -2.08. The van der Waals surface area contributed by atoms with Crippen LogP contribution in [0, 0.1) is 0 Å². The summed E-state index contributed by atoms with van der Waals surface area (Å²) in [5.41, 5.74) is 2.64. The zero-order valence-electron chi connectivity index (χ0n) is 14.4. The van der Waals surface area contributed by atoms with Crippen LogP contribution < -0.4 is 4.74 Å². The molecule has 0 bridgehead atoms. The molecule has 0 aliphatic rings. The molecule has 0 atom stereocenters. The molecule has 0 aliphatic heterocycles. The standard InChI is InChI=1S/C20H18Cl2N2O3/c21-16-7-6-15(18(22)10-16)12-24-17(8-9-20(25)26)11-19(23-24)27-13-14-4-2-1-3-5-14/h1-7,10-11H,8-9,12-13H2,(H,25,26). The van der Waals surface area contributed by atoms with E-state index in [9.17, 15) is 4.79 Å². The molecule has 2 aromatic carbocycles. The van der Waals surface area contributed by atoms with Gasteiger partial charge in [-0.3, -0.25) is 9.48 Å². The lowest BCUT2D eigenvalue weighted by Crippen LogP contribution is -2.09. The maximum Gasteiger partial charge on any atom is 0.303 e. The normalized spacial score (nSPS) is 10.7. The van der Waals surface area contributed by atoms with E-state index in [2.05, 4.69) is 5.10 Å². The first-order valence-electron chi connectivity index (χ1n) is 8.40. The van der Waals surface area contributed by atoms with Gasteiger partial charge in [0.25, 0.3) is 0 Å². The van der Waals surface area contributed by atoms with Crippen molar-refractivity contribution in [1.29, 1.82) is 0 Å². The van der Waals surface area contributed by atoms with Gasteiger partial charge in [-0.1, -0.05) is 59.6 Å². The second-order valence-electron chi connectivity index (χ2n) is 6.04. The minimum Gasteiger partial charge on any atom is -0.481 e. The van der Waals surface area contributed by atoms with Gasteiger partial charge in [-0.2, -0.15) is 0 Å². The SMILES string of the molecule is O=C(O)CCc1cc(OCc2ccccc2)nn1Cc1ccc(Cl)cc1Cl.